The lowest BCUT2D eigenvalue weighted by Crippen LogP contribution is -2.37. The number of likely N-dealkylation sites (tertiary alicyclic amines) is 1. The molecule has 0 aromatic heterocycles. The van der Waals surface area contributed by atoms with Crippen molar-refractivity contribution in [1.82, 2.24) is 4.90 Å². The summed E-state index contributed by atoms with van der Waals surface area (Å²) in [6.45, 7) is -0.849. The number of carbonyl (C=O) groups is 4. The monoisotopic (exact) mass is 388 g/mol. The summed E-state index contributed by atoms with van der Waals surface area (Å²) in [5, 5.41) is 2.58. The van der Waals surface area contributed by atoms with Crippen molar-refractivity contribution >= 4 is 29.4 Å². The van der Waals surface area contributed by atoms with Crippen molar-refractivity contribution in [3.63, 3.8) is 0 Å². The fourth-order valence-corrected chi connectivity index (χ4v) is 3.88. The number of hydrogen-bond donors (Lipinski definition) is 1. The number of rotatable bonds is 5. The normalized spacial score (nSPS) is 22.8. The minimum Gasteiger partial charge on any atom is -0.454 e. The van der Waals surface area contributed by atoms with Gasteiger partial charge in [0.25, 0.3) is 5.91 Å². The van der Waals surface area contributed by atoms with Gasteiger partial charge in [-0.3, -0.25) is 24.1 Å². The lowest BCUT2D eigenvalue weighted by Gasteiger charge is -2.19. The van der Waals surface area contributed by atoms with Gasteiger partial charge in [-0.2, -0.15) is 0 Å². The third-order valence-electron chi connectivity index (χ3n) is 5.24. The summed E-state index contributed by atoms with van der Waals surface area (Å²) in [7, 11) is 0. The molecule has 0 radical (unpaired) electrons. The average Bonchev–Trinajstić information content (AvgIpc) is 3.25. The van der Waals surface area contributed by atoms with E-state index in [2.05, 4.69) is 5.32 Å². The Balaban J connectivity index is 1.27. The van der Waals surface area contributed by atoms with Crippen LogP contribution in [-0.2, 0) is 23.9 Å². The first-order chi connectivity index (χ1) is 13.5. The second-order valence-electron chi connectivity index (χ2n) is 7.04. The van der Waals surface area contributed by atoms with Gasteiger partial charge in [0.2, 0.25) is 18.6 Å². The second kappa shape index (κ2) is 7.49. The van der Waals surface area contributed by atoms with Gasteiger partial charge in [-0.05, 0) is 25.0 Å². The van der Waals surface area contributed by atoms with E-state index in [9.17, 15) is 19.2 Å². The number of nitrogens with zero attached hydrogens (tertiary/aromatic N) is 1. The Kier molecular flexibility index (Phi) is 4.89. The Morgan fingerprint density at radius 1 is 1.07 bits per heavy atom. The Hall–Kier alpha value is -3.10. The first kappa shape index (κ1) is 18.3. The van der Waals surface area contributed by atoms with E-state index in [1.54, 1.807) is 18.2 Å². The zero-order valence-electron chi connectivity index (χ0n) is 15.1. The Bertz CT molecular complexity index is 814. The molecule has 2 fully saturated rings. The molecule has 0 spiro atoms. The van der Waals surface area contributed by atoms with Gasteiger partial charge >= 0.3 is 5.97 Å². The van der Waals surface area contributed by atoms with Crippen LogP contribution in [0.4, 0.5) is 5.69 Å². The van der Waals surface area contributed by atoms with Crippen molar-refractivity contribution in [1.29, 1.82) is 0 Å². The van der Waals surface area contributed by atoms with Gasteiger partial charge < -0.3 is 19.5 Å². The maximum Gasteiger partial charge on any atom is 0.326 e. The molecule has 2 heterocycles. The van der Waals surface area contributed by atoms with Crippen molar-refractivity contribution in [2.45, 2.75) is 25.7 Å². The van der Waals surface area contributed by atoms with Gasteiger partial charge in [-0.15, -0.1) is 0 Å². The summed E-state index contributed by atoms with van der Waals surface area (Å²) >= 11 is 0. The Morgan fingerprint density at radius 3 is 2.46 bits per heavy atom. The third-order valence-corrected chi connectivity index (χ3v) is 5.24. The number of fused-ring (bicyclic) bond motifs is 2. The number of nitrogens with one attached hydrogen (secondary N) is 1. The quantitative estimate of drug-likeness (QED) is 0.593. The van der Waals surface area contributed by atoms with Crippen molar-refractivity contribution < 1.29 is 33.4 Å². The molecule has 4 rings (SSSR count). The minimum absolute atomic E-state index is 0.125. The molecular formula is C19H20N2O7. The summed E-state index contributed by atoms with van der Waals surface area (Å²) < 4.78 is 15.3. The van der Waals surface area contributed by atoms with E-state index in [0.717, 1.165) is 17.7 Å². The molecule has 0 bridgehead atoms. The van der Waals surface area contributed by atoms with E-state index < -0.39 is 25.0 Å². The van der Waals surface area contributed by atoms with Crippen LogP contribution in [0.5, 0.6) is 11.5 Å². The molecule has 1 saturated heterocycles. The second-order valence-corrected chi connectivity index (χ2v) is 7.04. The highest BCUT2D eigenvalue weighted by molar-refractivity contribution is 6.07. The number of amides is 3. The molecule has 1 aromatic carbocycles. The van der Waals surface area contributed by atoms with Gasteiger partial charge in [0, 0.05) is 11.8 Å². The summed E-state index contributed by atoms with van der Waals surface area (Å²) in [5.41, 5.74) is 0.472. The number of hydrogen-bond acceptors (Lipinski definition) is 7. The zero-order chi connectivity index (χ0) is 19.7. The first-order valence-corrected chi connectivity index (χ1v) is 9.23. The predicted octanol–water partition coefficient (Wildman–Crippen LogP) is 1.07. The van der Waals surface area contributed by atoms with E-state index >= 15 is 0 Å². The summed E-state index contributed by atoms with van der Waals surface area (Å²) in [6.07, 6.45) is 3.19. The van der Waals surface area contributed by atoms with Gasteiger partial charge in [-0.1, -0.05) is 12.8 Å². The van der Waals surface area contributed by atoms with Crippen LogP contribution in [0.3, 0.4) is 0 Å². The highest BCUT2D eigenvalue weighted by Crippen LogP contribution is 2.38. The summed E-state index contributed by atoms with van der Waals surface area (Å²) in [4.78, 5) is 49.7. The predicted molar refractivity (Wildman–Crippen MR) is 94.3 cm³/mol. The van der Waals surface area contributed by atoms with Crippen LogP contribution >= 0.6 is 0 Å². The van der Waals surface area contributed by atoms with Gasteiger partial charge in [-0.25, -0.2) is 0 Å². The molecule has 9 heteroatoms. The minimum atomic E-state index is -0.791. The van der Waals surface area contributed by atoms with Gasteiger partial charge in [0.15, 0.2) is 18.1 Å². The smallest absolute Gasteiger partial charge is 0.326 e. The standard InChI is InChI=1S/C19H20N2O7/c22-16(20-11-5-6-14-15(7-11)28-10-27-14)9-26-17(23)8-21-18(24)12-3-1-2-4-13(12)19(21)25/h5-7,12-13H,1-4,8-10H2,(H,20,22)/t12-,13+. The van der Waals surface area contributed by atoms with Gasteiger partial charge in [0.05, 0.1) is 11.8 Å². The lowest BCUT2D eigenvalue weighted by molar-refractivity contribution is -0.154. The SMILES string of the molecule is O=C(COC(=O)CN1C(=O)[C@H]2CCCC[C@H]2C1=O)Nc1ccc2c(c1)OCO2. The van der Waals surface area contributed by atoms with Crippen molar-refractivity contribution in [2.24, 2.45) is 11.8 Å². The summed E-state index contributed by atoms with van der Waals surface area (Å²) in [6, 6.07) is 4.90. The van der Waals surface area contributed by atoms with Crippen LogP contribution < -0.4 is 14.8 Å². The topological polar surface area (TPSA) is 111 Å². The number of carbonyl (C=O) groups excluding carboxylic acids is 4. The Morgan fingerprint density at radius 2 is 1.75 bits per heavy atom. The highest BCUT2D eigenvalue weighted by atomic mass is 16.7. The molecule has 0 unspecified atom stereocenters. The van der Waals surface area contributed by atoms with E-state index in [1.807, 2.05) is 0 Å². The largest absolute Gasteiger partial charge is 0.454 e. The van der Waals surface area contributed by atoms with Crippen molar-refractivity contribution in [3.8, 4) is 11.5 Å². The van der Waals surface area contributed by atoms with E-state index in [0.29, 0.717) is 30.0 Å². The van der Waals surface area contributed by atoms with Gasteiger partial charge in [0.1, 0.15) is 6.54 Å². The average molecular weight is 388 g/mol. The molecule has 148 valence electrons. The lowest BCUT2D eigenvalue weighted by atomic mass is 9.81. The number of esters is 1. The maximum atomic E-state index is 12.4. The molecule has 1 aromatic rings. The molecule has 3 aliphatic rings. The summed E-state index contributed by atoms with van der Waals surface area (Å²) in [5.74, 6) is -1.48. The first-order valence-electron chi connectivity index (χ1n) is 9.23. The zero-order valence-corrected chi connectivity index (χ0v) is 15.1. The van der Waals surface area contributed by atoms with Crippen LogP contribution in [-0.4, -0.2) is 48.5 Å². The number of ether oxygens (including phenoxy) is 3. The highest BCUT2D eigenvalue weighted by Gasteiger charge is 2.48. The maximum absolute atomic E-state index is 12.4. The molecular weight excluding hydrogens is 368 g/mol. The number of imide groups is 1. The van der Waals surface area contributed by atoms with E-state index in [4.69, 9.17) is 14.2 Å². The van der Waals surface area contributed by atoms with E-state index in [-0.39, 0.29) is 30.4 Å². The molecule has 1 N–H and O–H groups in total. The molecule has 1 aliphatic carbocycles. The van der Waals surface area contributed by atoms with Crippen LogP contribution in [0.2, 0.25) is 0 Å². The number of benzene rings is 1. The molecule has 1 saturated carbocycles. The van der Waals surface area contributed by atoms with Crippen LogP contribution in [0.1, 0.15) is 25.7 Å². The fraction of sp³-hybridized carbons (Fsp3) is 0.474. The molecule has 2 aliphatic heterocycles. The third kappa shape index (κ3) is 3.51. The van der Waals surface area contributed by atoms with Crippen LogP contribution in [0, 0.1) is 11.8 Å². The number of anilines is 1. The molecule has 9 nitrogen and oxygen atoms in total. The molecule has 3 amide bonds. The molecule has 2 atom stereocenters. The van der Waals surface area contributed by atoms with Crippen LogP contribution in [0.15, 0.2) is 18.2 Å². The van der Waals surface area contributed by atoms with E-state index in [1.165, 1.54) is 0 Å². The molecule has 28 heavy (non-hydrogen) atoms. The van der Waals surface area contributed by atoms with Crippen LogP contribution in [0.25, 0.3) is 0 Å². The fourth-order valence-electron chi connectivity index (χ4n) is 3.88. The Labute approximate surface area is 160 Å². The van der Waals surface area contributed by atoms with Crippen molar-refractivity contribution in [3.05, 3.63) is 18.2 Å². The van der Waals surface area contributed by atoms with Crippen molar-refractivity contribution in [2.75, 3.05) is 25.3 Å².